The van der Waals surface area contributed by atoms with Crippen LogP contribution >= 0.6 is 31.8 Å². The Labute approximate surface area is 182 Å². The number of pyridine rings is 1. The maximum absolute atomic E-state index is 5.08. The van der Waals surface area contributed by atoms with Crippen molar-refractivity contribution >= 4 is 31.8 Å². The Balaban J connectivity index is 2.84. The van der Waals surface area contributed by atoms with Gasteiger partial charge in [0.1, 0.15) is 0 Å². The van der Waals surface area contributed by atoms with Gasteiger partial charge in [-0.2, -0.15) is 0 Å². The Bertz CT molecular complexity index is 536. The molecule has 0 radical (unpaired) electrons. The van der Waals surface area contributed by atoms with Gasteiger partial charge in [-0.15, -0.1) is 0 Å². The van der Waals surface area contributed by atoms with Crippen LogP contribution in [0.1, 0.15) is 94.5 Å². The van der Waals surface area contributed by atoms with Crippen LogP contribution in [0.25, 0.3) is 0 Å². The average molecular weight is 460 g/mol. The van der Waals surface area contributed by atoms with Crippen LogP contribution in [0.3, 0.4) is 0 Å². The van der Waals surface area contributed by atoms with Crippen LogP contribution < -0.4 is 0 Å². The van der Waals surface area contributed by atoms with Crippen LogP contribution in [-0.2, 0) is 12.3 Å². The van der Waals surface area contributed by atoms with E-state index in [9.17, 15) is 0 Å². The Kier molecular flexibility index (Phi) is 9.60. The van der Waals surface area contributed by atoms with Gasteiger partial charge < -0.3 is 0 Å². The quantitative estimate of drug-likeness (QED) is 0.386. The van der Waals surface area contributed by atoms with Gasteiger partial charge in [-0.25, -0.2) is 0 Å². The molecule has 1 aromatic rings. The molecule has 28 heavy (non-hydrogen) atoms. The zero-order chi connectivity index (χ0) is 22.0. The van der Waals surface area contributed by atoms with Crippen molar-refractivity contribution in [3.8, 4) is 0 Å². The molecule has 1 nitrogen and oxygen atoms in total. The first-order valence-electron chi connectivity index (χ1n) is 10.4. The highest BCUT2D eigenvalue weighted by Crippen LogP contribution is 2.73. The third-order valence-corrected chi connectivity index (χ3v) is 22.3. The number of nitrogens with zero attached hydrogens (tertiary/aromatic N) is 1. The van der Waals surface area contributed by atoms with Gasteiger partial charge in [-0.3, -0.25) is 4.98 Å². The van der Waals surface area contributed by atoms with Crippen molar-refractivity contribution in [1.29, 1.82) is 0 Å². The van der Waals surface area contributed by atoms with Crippen LogP contribution in [0.5, 0.6) is 0 Å². The molecule has 1 rings (SSSR count). The van der Waals surface area contributed by atoms with Gasteiger partial charge in [0.25, 0.3) is 0 Å². The SMILES string of the molecule is CC(C)(C)P(PCc1cccc(CPP(C(C)(C)C)C(C)(C)C)n1)C(C)(C)C. The highest BCUT2D eigenvalue weighted by Gasteiger charge is 2.35. The normalized spacial score (nSPS) is 15.1. The maximum Gasteiger partial charge on any atom is 0.0450 e. The molecule has 5 heteroatoms. The van der Waals surface area contributed by atoms with Crippen LogP contribution in [0.4, 0.5) is 0 Å². The van der Waals surface area contributed by atoms with E-state index >= 15 is 0 Å². The Morgan fingerprint density at radius 1 is 0.607 bits per heavy atom. The lowest BCUT2D eigenvalue weighted by Gasteiger charge is -2.41. The molecular formula is C23H45NP4. The molecule has 0 amide bonds. The molecule has 162 valence electrons. The second kappa shape index (κ2) is 9.99. The molecule has 0 N–H and O–H groups in total. The smallest absolute Gasteiger partial charge is 0.0450 e. The summed E-state index contributed by atoms with van der Waals surface area (Å²) in [4.78, 5) is 5.08. The minimum atomic E-state index is -0.0324. The molecule has 0 saturated carbocycles. The Morgan fingerprint density at radius 2 is 0.893 bits per heavy atom. The monoisotopic (exact) mass is 459 g/mol. The minimum absolute atomic E-state index is 0.0324. The summed E-state index contributed by atoms with van der Waals surface area (Å²) in [5, 5.41) is 1.61. The minimum Gasteiger partial charge on any atom is -0.257 e. The zero-order valence-electron chi connectivity index (χ0n) is 20.5. The first kappa shape index (κ1) is 26.9. The second-order valence-electron chi connectivity index (χ2n) is 11.6. The van der Waals surface area contributed by atoms with Crippen molar-refractivity contribution in [2.75, 3.05) is 0 Å². The summed E-state index contributed by atoms with van der Waals surface area (Å²) in [6, 6.07) is 6.73. The fraction of sp³-hybridized carbons (Fsp3) is 0.783. The summed E-state index contributed by atoms with van der Waals surface area (Å²) in [6.07, 6.45) is 2.29. The number of hydrogen-bond acceptors (Lipinski definition) is 1. The van der Waals surface area contributed by atoms with Gasteiger partial charge in [0, 0.05) is 23.7 Å². The summed E-state index contributed by atoms with van der Waals surface area (Å²) in [6.45, 7) is 29.0. The maximum atomic E-state index is 5.08. The first-order valence-corrected chi connectivity index (χ1v) is 17.2. The fourth-order valence-electron chi connectivity index (χ4n) is 4.01. The van der Waals surface area contributed by atoms with E-state index in [2.05, 4.69) is 101 Å². The van der Waals surface area contributed by atoms with Crippen molar-refractivity contribution in [3.05, 3.63) is 29.6 Å². The number of rotatable bonds is 6. The molecule has 0 aliphatic carbocycles. The van der Waals surface area contributed by atoms with Crippen LogP contribution in [0.2, 0.25) is 0 Å². The Hall–Kier alpha value is 0.870. The first-order chi connectivity index (χ1) is 12.4. The van der Waals surface area contributed by atoms with Crippen molar-refractivity contribution in [1.82, 2.24) is 4.98 Å². The van der Waals surface area contributed by atoms with Crippen molar-refractivity contribution in [3.63, 3.8) is 0 Å². The van der Waals surface area contributed by atoms with E-state index in [0.717, 1.165) is 28.9 Å². The zero-order valence-corrected chi connectivity index (χ0v) is 24.3. The van der Waals surface area contributed by atoms with Gasteiger partial charge in [0.05, 0.1) is 0 Å². The lowest BCUT2D eigenvalue weighted by molar-refractivity contribution is 0.719. The highest BCUT2D eigenvalue weighted by molar-refractivity contribution is 8.22. The highest BCUT2D eigenvalue weighted by atomic mass is 32.1. The van der Waals surface area contributed by atoms with Crippen molar-refractivity contribution in [2.45, 2.75) is 116 Å². The van der Waals surface area contributed by atoms with E-state index in [-0.39, 0.29) is 15.2 Å². The molecule has 1 aromatic heterocycles. The summed E-state index contributed by atoms with van der Waals surface area (Å²) in [5.41, 5.74) is 2.61. The molecule has 2 atom stereocenters. The van der Waals surface area contributed by atoms with Gasteiger partial charge >= 0.3 is 0 Å². The average Bonchev–Trinajstić information content (AvgIpc) is 2.42. The largest absolute Gasteiger partial charge is 0.257 e. The molecular weight excluding hydrogens is 414 g/mol. The van der Waals surface area contributed by atoms with E-state index in [1.807, 2.05) is 0 Å². The molecule has 0 bridgehead atoms. The Morgan fingerprint density at radius 3 is 1.14 bits per heavy atom. The van der Waals surface area contributed by atoms with Gasteiger partial charge in [0.15, 0.2) is 0 Å². The van der Waals surface area contributed by atoms with Gasteiger partial charge in [-0.1, -0.05) is 121 Å². The molecule has 0 spiro atoms. The lowest BCUT2D eigenvalue weighted by Crippen LogP contribution is -2.22. The van der Waals surface area contributed by atoms with Crippen molar-refractivity contribution in [2.24, 2.45) is 0 Å². The topological polar surface area (TPSA) is 12.9 Å². The predicted octanol–water partition coefficient (Wildman–Crippen LogP) is 9.43. The van der Waals surface area contributed by atoms with Crippen LogP contribution in [0, 0.1) is 0 Å². The van der Waals surface area contributed by atoms with Gasteiger partial charge in [-0.05, 0) is 32.8 Å². The van der Waals surface area contributed by atoms with E-state index in [1.165, 1.54) is 11.4 Å². The third kappa shape index (κ3) is 8.93. The standard InChI is InChI=1S/C23H45NP4/c1-20(2,3)27(21(4,5)6)25-16-18-14-13-15-19(24-18)17-26-28(22(7,8)9)23(10,11)12/h13-15,25-26H,16-17H2,1-12H3. The van der Waals surface area contributed by atoms with E-state index < -0.39 is 0 Å². The molecule has 0 aliphatic heterocycles. The predicted molar refractivity (Wildman–Crippen MR) is 141 cm³/mol. The van der Waals surface area contributed by atoms with Gasteiger partial charge in [0.2, 0.25) is 0 Å². The molecule has 1 heterocycles. The van der Waals surface area contributed by atoms with Crippen molar-refractivity contribution < 1.29 is 0 Å². The summed E-state index contributed by atoms with van der Waals surface area (Å²) >= 11 is 0. The van der Waals surface area contributed by atoms with E-state index in [4.69, 9.17) is 4.98 Å². The number of hydrogen-bond donors (Lipinski definition) is 0. The summed E-state index contributed by atoms with van der Waals surface area (Å²) < 4.78 is 0. The second-order valence-corrected chi connectivity index (χ2v) is 24.3. The number of aromatic nitrogens is 1. The van der Waals surface area contributed by atoms with Crippen LogP contribution in [-0.4, -0.2) is 25.6 Å². The van der Waals surface area contributed by atoms with E-state index in [1.54, 1.807) is 0 Å². The molecule has 0 aromatic carbocycles. The molecule has 0 fully saturated rings. The summed E-state index contributed by atoms with van der Waals surface area (Å²) in [5.74, 6) is 0. The molecule has 0 saturated heterocycles. The lowest BCUT2D eigenvalue weighted by atomic mass is 10.2. The van der Waals surface area contributed by atoms with Crippen LogP contribution in [0.15, 0.2) is 18.2 Å². The molecule has 0 aliphatic rings. The fourth-order valence-corrected chi connectivity index (χ4v) is 18.6. The third-order valence-electron chi connectivity index (χ3n) is 4.38. The molecule has 2 unspecified atom stereocenters. The van der Waals surface area contributed by atoms with E-state index in [0.29, 0.717) is 20.6 Å². The summed E-state index contributed by atoms with van der Waals surface area (Å²) in [7, 11) is 1.91.